The number of rotatable bonds is 4. The van der Waals surface area contributed by atoms with Crippen LogP contribution >= 0.6 is 0 Å². The number of carbonyl (C=O) groups excluding carboxylic acids is 1. The van der Waals surface area contributed by atoms with E-state index in [2.05, 4.69) is 10.3 Å². The molecule has 1 N–H and O–H groups in total. The number of nitrogens with one attached hydrogen (secondary N) is 1. The van der Waals surface area contributed by atoms with Gasteiger partial charge in [0.25, 0.3) is 0 Å². The van der Waals surface area contributed by atoms with Crippen LogP contribution in [0.15, 0.2) is 18.3 Å². The summed E-state index contributed by atoms with van der Waals surface area (Å²) in [7, 11) is 0. The number of carbonyl (C=O) groups is 1. The summed E-state index contributed by atoms with van der Waals surface area (Å²) in [6, 6.07) is 2.18. The van der Waals surface area contributed by atoms with Crippen molar-refractivity contribution in [3.05, 3.63) is 29.6 Å². The molecule has 1 aromatic heterocycles. The Hall–Kier alpha value is -1.83. The van der Waals surface area contributed by atoms with E-state index in [1.165, 1.54) is 4.90 Å². The Labute approximate surface area is 139 Å². The average molecular weight is 344 g/mol. The number of alkyl halides is 3. The van der Waals surface area contributed by atoms with Gasteiger partial charge in [-0.25, -0.2) is 4.79 Å². The number of aromatic nitrogens is 1. The van der Waals surface area contributed by atoms with E-state index in [9.17, 15) is 18.0 Å². The van der Waals surface area contributed by atoms with Gasteiger partial charge in [-0.2, -0.15) is 13.2 Å². The number of halogens is 3. The third kappa shape index (κ3) is 5.09. The molecule has 2 rings (SSSR count). The van der Waals surface area contributed by atoms with Crippen LogP contribution in [0.4, 0.5) is 18.0 Å². The van der Waals surface area contributed by atoms with E-state index in [-0.39, 0.29) is 19.1 Å². The molecule has 1 fully saturated rings. The number of hydrogen-bond acceptors (Lipinski definition) is 3. The lowest BCUT2D eigenvalue weighted by Crippen LogP contribution is -2.56. The summed E-state index contributed by atoms with van der Waals surface area (Å²) < 4.78 is 38.1. The van der Waals surface area contributed by atoms with Crippen LogP contribution in [-0.4, -0.2) is 65.8 Å². The van der Waals surface area contributed by atoms with Crippen LogP contribution in [0.5, 0.6) is 0 Å². The summed E-state index contributed by atoms with van der Waals surface area (Å²) >= 11 is 0. The fourth-order valence-corrected chi connectivity index (χ4v) is 2.59. The number of amides is 2. The molecular formula is C16H23F3N4O. The quantitative estimate of drug-likeness (QED) is 0.911. The van der Waals surface area contributed by atoms with Crippen molar-refractivity contribution in [2.45, 2.75) is 32.5 Å². The van der Waals surface area contributed by atoms with E-state index in [1.807, 2.05) is 19.1 Å². The van der Waals surface area contributed by atoms with Gasteiger partial charge in [0.2, 0.25) is 0 Å². The third-order valence-corrected chi connectivity index (χ3v) is 4.29. The maximum atomic E-state index is 12.7. The second kappa shape index (κ2) is 7.83. The summed E-state index contributed by atoms with van der Waals surface area (Å²) in [5.41, 5.74) is 1.97. The van der Waals surface area contributed by atoms with Crippen molar-refractivity contribution >= 4 is 6.03 Å². The number of pyridine rings is 1. The molecule has 1 saturated heterocycles. The van der Waals surface area contributed by atoms with Gasteiger partial charge in [0.05, 0.1) is 0 Å². The second-order valence-electron chi connectivity index (χ2n) is 6.03. The molecule has 0 spiro atoms. The van der Waals surface area contributed by atoms with Gasteiger partial charge >= 0.3 is 12.2 Å². The number of aryl methyl sites for hydroxylation is 1. The number of hydrogen-bond donors (Lipinski definition) is 1. The highest BCUT2D eigenvalue weighted by Crippen LogP contribution is 2.25. The van der Waals surface area contributed by atoms with Crippen molar-refractivity contribution in [2.24, 2.45) is 0 Å². The molecule has 1 aliphatic heterocycles. The Bertz CT molecular complexity index is 539. The number of urea groups is 1. The van der Waals surface area contributed by atoms with Crippen LogP contribution in [0.1, 0.15) is 18.2 Å². The molecule has 24 heavy (non-hydrogen) atoms. The maximum absolute atomic E-state index is 12.7. The van der Waals surface area contributed by atoms with Gasteiger partial charge in [-0.1, -0.05) is 6.07 Å². The molecule has 1 aromatic rings. The lowest BCUT2D eigenvalue weighted by molar-refractivity contribution is -0.181. The predicted molar refractivity (Wildman–Crippen MR) is 84.7 cm³/mol. The molecular weight excluding hydrogens is 321 g/mol. The van der Waals surface area contributed by atoms with Gasteiger partial charge in [0.1, 0.15) is 6.04 Å². The van der Waals surface area contributed by atoms with Crippen molar-refractivity contribution in [3.63, 3.8) is 0 Å². The van der Waals surface area contributed by atoms with Crippen molar-refractivity contribution in [1.29, 1.82) is 0 Å². The molecule has 134 valence electrons. The van der Waals surface area contributed by atoms with Gasteiger partial charge in [0.15, 0.2) is 0 Å². The van der Waals surface area contributed by atoms with Crippen molar-refractivity contribution in [2.75, 3.05) is 32.7 Å². The second-order valence-corrected chi connectivity index (χ2v) is 6.03. The summed E-state index contributed by atoms with van der Waals surface area (Å²) in [5, 5.41) is 2.81. The SMILES string of the molecule is Cc1ccc(CCNC(=O)N2CCN([C@H](C)C(F)(F)F)CC2)cn1. The fraction of sp³-hybridized carbons (Fsp3) is 0.625. The highest BCUT2D eigenvalue weighted by Gasteiger charge is 2.41. The smallest absolute Gasteiger partial charge is 0.338 e. The first kappa shape index (κ1) is 18.5. The van der Waals surface area contributed by atoms with Crippen LogP contribution in [0, 0.1) is 6.92 Å². The largest absolute Gasteiger partial charge is 0.403 e. The number of piperazine rings is 1. The molecule has 0 saturated carbocycles. The minimum Gasteiger partial charge on any atom is -0.338 e. The van der Waals surface area contributed by atoms with Crippen LogP contribution < -0.4 is 5.32 Å². The van der Waals surface area contributed by atoms with E-state index in [0.29, 0.717) is 26.1 Å². The van der Waals surface area contributed by atoms with Crippen LogP contribution in [0.25, 0.3) is 0 Å². The highest BCUT2D eigenvalue weighted by molar-refractivity contribution is 5.74. The monoisotopic (exact) mass is 344 g/mol. The average Bonchev–Trinajstić information content (AvgIpc) is 2.55. The summed E-state index contributed by atoms with van der Waals surface area (Å²) in [4.78, 5) is 19.2. The van der Waals surface area contributed by atoms with Crippen molar-refractivity contribution < 1.29 is 18.0 Å². The minimum atomic E-state index is -4.23. The lowest BCUT2D eigenvalue weighted by atomic mass is 10.2. The zero-order chi connectivity index (χ0) is 17.7. The molecule has 5 nitrogen and oxygen atoms in total. The molecule has 0 radical (unpaired) electrons. The Morgan fingerprint density at radius 3 is 2.50 bits per heavy atom. The fourth-order valence-electron chi connectivity index (χ4n) is 2.59. The summed E-state index contributed by atoms with van der Waals surface area (Å²) in [6.07, 6.45) is -1.78. The minimum absolute atomic E-state index is 0.227. The van der Waals surface area contributed by atoms with Gasteiger partial charge in [-0.3, -0.25) is 9.88 Å². The van der Waals surface area contributed by atoms with Crippen LogP contribution in [-0.2, 0) is 6.42 Å². The zero-order valence-electron chi connectivity index (χ0n) is 13.9. The van der Waals surface area contributed by atoms with Gasteiger partial charge in [0, 0.05) is 44.6 Å². The summed E-state index contributed by atoms with van der Waals surface area (Å²) in [6.45, 7) is 4.61. The highest BCUT2D eigenvalue weighted by atomic mass is 19.4. The molecule has 0 aromatic carbocycles. The molecule has 0 aliphatic carbocycles. The van der Waals surface area contributed by atoms with E-state index >= 15 is 0 Å². The first-order chi connectivity index (χ1) is 11.3. The van der Waals surface area contributed by atoms with E-state index in [1.54, 1.807) is 11.1 Å². The Morgan fingerprint density at radius 1 is 1.29 bits per heavy atom. The standard InChI is InChI=1S/C16H23F3N4O/c1-12-3-4-14(11-21-12)5-6-20-15(24)23-9-7-22(8-10-23)13(2)16(17,18)19/h3-4,11,13H,5-10H2,1-2H3,(H,20,24)/t13-/m1/s1. The van der Waals surface area contributed by atoms with Gasteiger partial charge in [-0.15, -0.1) is 0 Å². The third-order valence-electron chi connectivity index (χ3n) is 4.29. The lowest BCUT2D eigenvalue weighted by Gasteiger charge is -2.38. The predicted octanol–water partition coefficient (Wildman–Crippen LogP) is 2.21. The Morgan fingerprint density at radius 2 is 1.96 bits per heavy atom. The first-order valence-electron chi connectivity index (χ1n) is 8.02. The molecule has 1 aliphatic rings. The van der Waals surface area contributed by atoms with E-state index < -0.39 is 12.2 Å². The normalized spacial score (nSPS) is 17.6. The molecule has 1 atom stereocenters. The van der Waals surface area contributed by atoms with Gasteiger partial charge in [-0.05, 0) is 31.9 Å². The first-order valence-corrected chi connectivity index (χ1v) is 8.02. The Balaban J connectivity index is 1.72. The maximum Gasteiger partial charge on any atom is 0.403 e. The topological polar surface area (TPSA) is 48.5 Å². The molecule has 0 bridgehead atoms. The van der Waals surface area contributed by atoms with Gasteiger partial charge < -0.3 is 10.2 Å². The van der Waals surface area contributed by atoms with E-state index in [0.717, 1.165) is 18.2 Å². The van der Waals surface area contributed by atoms with Crippen LogP contribution in [0.2, 0.25) is 0 Å². The van der Waals surface area contributed by atoms with Crippen molar-refractivity contribution in [3.8, 4) is 0 Å². The molecule has 0 unspecified atom stereocenters. The molecule has 2 amide bonds. The van der Waals surface area contributed by atoms with Crippen molar-refractivity contribution in [1.82, 2.24) is 20.1 Å². The summed E-state index contributed by atoms with van der Waals surface area (Å²) in [5.74, 6) is 0. The molecule has 8 heteroatoms. The zero-order valence-corrected chi connectivity index (χ0v) is 13.9. The van der Waals surface area contributed by atoms with Crippen LogP contribution in [0.3, 0.4) is 0 Å². The number of nitrogens with zero attached hydrogens (tertiary/aromatic N) is 3. The Kier molecular flexibility index (Phi) is 6.04. The molecule has 2 heterocycles. The van der Waals surface area contributed by atoms with E-state index in [4.69, 9.17) is 0 Å².